The molecule has 2 bridgehead atoms. The summed E-state index contributed by atoms with van der Waals surface area (Å²) in [7, 11) is 0. The van der Waals surface area contributed by atoms with E-state index in [-0.39, 0.29) is 12.1 Å². The summed E-state index contributed by atoms with van der Waals surface area (Å²) in [5.74, 6) is 0.526. The Hall–Kier alpha value is -1.98. The number of amides is 1. The Labute approximate surface area is 124 Å². The van der Waals surface area contributed by atoms with Gasteiger partial charge in [0, 0.05) is 19.1 Å². The molecule has 6 heteroatoms. The van der Waals surface area contributed by atoms with Crippen molar-refractivity contribution in [2.75, 3.05) is 23.7 Å². The quantitative estimate of drug-likeness (QED) is 0.854. The first-order chi connectivity index (χ1) is 9.83. The van der Waals surface area contributed by atoms with Crippen LogP contribution in [0.1, 0.15) is 27.2 Å². The second-order valence-electron chi connectivity index (χ2n) is 6.77. The number of rotatable bonds is 1. The summed E-state index contributed by atoms with van der Waals surface area (Å²) in [5.41, 5.74) is 6.25. The van der Waals surface area contributed by atoms with E-state index in [2.05, 4.69) is 9.88 Å². The van der Waals surface area contributed by atoms with Gasteiger partial charge in [-0.2, -0.15) is 0 Å². The van der Waals surface area contributed by atoms with E-state index in [1.807, 2.05) is 37.8 Å². The van der Waals surface area contributed by atoms with E-state index in [1.54, 1.807) is 6.20 Å². The lowest BCUT2D eigenvalue weighted by molar-refractivity contribution is 0.0215. The van der Waals surface area contributed by atoms with Crippen molar-refractivity contribution in [1.82, 2.24) is 9.88 Å². The molecule has 2 aliphatic rings. The third-order valence-corrected chi connectivity index (χ3v) is 3.97. The zero-order chi connectivity index (χ0) is 15.2. The van der Waals surface area contributed by atoms with E-state index in [0.29, 0.717) is 18.4 Å². The molecule has 2 fully saturated rings. The number of aromatic nitrogens is 1. The number of fused-ring (bicyclic) bond motifs is 2. The summed E-state index contributed by atoms with van der Waals surface area (Å²) >= 11 is 0. The van der Waals surface area contributed by atoms with Crippen LogP contribution in [0.5, 0.6) is 0 Å². The average molecular weight is 290 g/mol. The normalized spacial score (nSPS) is 24.5. The number of nitrogens with zero attached hydrogens (tertiary/aromatic N) is 3. The highest BCUT2D eigenvalue weighted by molar-refractivity contribution is 5.70. The number of nitrogen functional groups attached to an aromatic ring is 1. The minimum Gasteiger partial charge on any atom is -0.444 e. The zero-order valence-corrected chi connectivity index (χ0v) is 12.7. The SMILES string of the molecule is CC(C)(C)OC(=O)N1C[C@H]2CC1CN2c1ccc(N)nc1. The second-order valence-corrected chi connectivity index (χ2v) is 6.77. The van der Waals surface area contributed by atoms with Crippen LogP contribution in [0.25, 0.3) is 0 Å². The third-order valence-electron chi connectivity index (χ3n) is 3.97. The van der Waals surface area contributed by atoms with Crippen molar-refractivity contribution in [1.29, 1.82) is 0 Å². The summed E-state index contributed by atoms with van der Waals surface area (Å²) in [4.78, 5) is 20.5. The van der Waals surface area contributed by atoms with Gasteiger partial charge in [-0.1, -0.05) is 0 Å². The molecule has 0 saturated carbocycles. The number of anilines is 2. The predicted octanol–water partition coefficient (Wildman–Crippen LogP) is 1.86. The molecule has 1 aromatic rings. The van der Waals surface area contributed by atoms with Crippen molar-refractivity contribution in [2.24, 2.45) is 0 Å². The maximum Gasteiger partial charge on any atom is 0.410 e. The molecule has 0 aromatic carbocycles. The van der Waals surface area contributed by atoms with Crippen molar-refractivity contribution in [3.8, 4) is 0 Å². The van der Waals surface area contributed by atoms with Gasteiger partial charge in [0.2, 0.25) is 0 Å². The van der Waals surface area contributed by atoms with Gasteiger partial charge in [-0.3, -0.25) is 0 Å². The lowest BCUT2D eigenvalue weighted by Gasteiger charge is -2.36. The monoisotopic (exact) mass is 290 g/mol. The van der Waals surface area contributed by atoms with Crippen molar-refractivity contribution >= 4 is 17.6 Å². The topological polar surface area (TPSA) is 71.7 Å². The molecule has 2 N–H and O–H groups in total. The largest absolute Gasteiger partial charge is 0.444 e. The molecule has 1 unspecified atom stereocenters. The van der Waals surface area contributed by atoms with Crippen LogP contribution in [0, 0.1) is 0 Å². The molecule has 2 saturated heterocycles. The fourth-order valence-corrected chi connectivity index (χ4v) is 3.09. The van der Waals surface area contributed by atoms with E-state index in [9.17, 15) is 4.79 Å². The Morgan fingerprint density at radius 1 is 1.33 bits per heavy atom. The molecule has 2 atom stereocenters. The fraction of sp³-hybridized carbons (Fsp3) is 0.600. The average Bonchev–Trinajstić information content (AvgIpc) is 2.97. The van der Waals surface area contributed by atoms with Gasteiger partial charge < -0.3 is 20.3 Å². The van der Waals surface area contributed by atoms with Crippen LogP contribution in [0.4, 0.5) is 16.3 Å². The summed E-state index contributed by atoms with van der Waals surface area (Å²) in [5, 5.41) is 0. The van der Waals surface area contributed by atoms with E-state index < -0.39 is 5.60 Å². The summed E-state index contributed by atoms with van der Waals surface area (Å²) < 4.78 is 5.47. The summed E-state index contributed by atoms with van der Waals surface area (Å²) in [6.45, 7) is 7.22. The maximum atomic E-state index is 12.2. The fourth-order valence-electron chi connectivity index (χ4n) is 3.09. The van der Waals surface area contributed by atoms with Gasteiger partial charge in [0.05, 0.1) is 17.9 Å². The highest BCUT2D eigenvalue weighted by Gasteiger charge is 2.46. The van der Waals surface area contributed by atoms with Crippen LogP contribution in [0.15, 0.2) is 18.3 Å². The standard InChI is InChI=1S/C15H22N4O2/c1-15(2,3)21-14(20)19-9-11-6-12(19)8-18(11)10-4-5-13(16)17-7-10/h4-5,7,11-12H,6,8-9H2,1-3H3,(H2,16,17)/t11-,12?/m1/s1. The second kappa shape index (κ2) is 4.79. The molecule has 0 spiro atoms. The molecule has 114 valence electrons. The van der Waals surface area contributed by atoms with Crippen LogP contribution >= 0.6 is 0 Å². The number of likely N-dealkylation sites (tertiary alicyclic amines) is 1. The van der Waals surface area contributed by atoms with Gasteiger partial charge in [0.15, 0.2) is 0 Å². The first kappa shape index (κ1) is 14.0. The van der Waals surface area contributed by atoms with E-state index >= 15 is 0 Å². The van der Waals surface area contributed by atoms with Crippen molar-refractivity contribution in [3.05, 3.63) is 18.3 Å². The molecule has 0 aliphatic carbocycles. The van der Waals surface area contributed by atoms with Gasteiger partial charge in [0.1, 0.15) is 11.4 Å². The smallest absolute Gasteiger partial charge is 0.410 e. The van der Waals surface area contributed by atoms with Gasteiger partial charge in [-0.25, -0.2) is 9.78 Å². The van der Waals surface area contributed by atoms with Crippen molar-refractivity contribution < 1.29 is 9.53 Å². The number of carbonyl (C=O) groups is 1. The van der Waals surface area contributed by atoms with Crippen LogP contribution in [0.2, 0.25) is 0 Å². The van der Waals surface area contributed by atoms with Crippen molar-refractivity contribution in [2.45, 2.75) is 44.9 Å². The molecule has 2 aliphatic heterocycles. The summed E-state index contributed by atoms with van der Waals surface area (Å²) in [6, 6.07) is 4.36. The number of hydrogen-bond donors (Lipinski definition) is 1. The molecule has 3 heterocycles. The highest BCUT2D eigenvalue weighted by Crippen LogP contribution is 2.35. The molecular formula is C15H22N4O2. The number of piperazine rings is 1. The third kappa shape index (κ3) is 2.75. The molecule has 3 rings (SSSR count). The number of pyridine rings is 1. The Kier molecular flexibility index (Phi) is 3.19. The highest BCUT2D eigenvalue weighted by atomic mass is 16.6. The first-order valence-electron chi connectivity index (χ1n) is 7.31. The lowest BCUT2D eigenvalue weighted by Crippen LogP contribution is -2.50. The minimum atomic E-state index is -0.445. The number of carbonyl (C=O) groups excluding carboxylic acids is 1. The van der Waals surface area contributed by atoms with Crippen molar-refractivity contribution in [3.63, 3.8) is 0 Å². The van der Waals surface area contributed by atoms with Crippen LogP contribution in [-0.4, -0.2) is 46.8 Å². The molecule has 21 heavy (non-hydrogen) atoms. The molecular weight excluding hydrogens is 268 g/mol. The van der Waals surface area contributed by atoms with E-state index in [1.165, 1.54) is 0 Å². The minimum absolute atomic E-state index is 0.204. The zero-order valence-electron chi connectivity index (χ0n) is 12.7. The molecule has 6 nitrogen and oxygen atoms in total. The number of nitrogens with two attached hydrogens (primary N) is 1. The molecule has 1 aromatic heterocycles. The van der Waals surface area contributed by atoms with Crippen LogP contribution in [0.3, 0.4) is 0 Å². The Balaban J connectivity index is 1.66. The predicted molar refractivity (Wildman–Crippen MR) is 81.1 cm³/mol. The molecule has 1 amide bonds. The molecule has 0 radical (unpaired) electrons. The van der Waals surface area contributed by atoms with Crippen LogP contribution < -0.4 is 10.6 Å². The van der Waals surface area contributed by atoms with E-state index in [0.717, 1.165) is 18.7 Å². The Morgan fingerprint density at radius 2 is 2.10 bits per heavy atom. The first-order valence-corrected chi connectivity index (χ1v) is 7.31. The van der Waals surface area contributed by atoms with Gasteiger partial charge in [0.25, 0.3) is 0 Å². The van der Waals surface area contributed by atoms with Crippen LogP contribution in [-0.2, 0) is 4.74 Å². The summed E-state index contributed by atoms with van der Waals surface area (Å²) in [6.07, 6.45) is 2.59. The van der Waals surface area contributed by atoms with E-state index in [4.69, 9.17) is 10.5 Å². The number of hydrogen-bond acceptors (Lipinski definition) is 5. The van der Waals surface area contributed by atoms with Gasteiger partial charge in [-0.15, -0.1) is 0 Å². The number of ether oxygens (including phenoxy) is 1. The Bertz CT molecular complexity index is 538. The van der Waals surface area contributed by atoms with Gasteiger partial charge in [-0.05, 0) is 39.3 Å². The maximum absolute atomic E-state index is 12.2. The van der Waals surface area contributed by atoms with Gasteiger partial charge >= 0.3 is 6.09 Å². The lowest BCUT2D eigenvalue weighted by atomic mass is 10.2. The Morgan fingerprint density at radius 3 is 2.62 bits per heavy atom.